The number of aryl methyl sites for hydroxylation is 1. The zero-order chi connectivity index (χ0) is 13.3. The average molecular weight is 268 g/mol. The molecule has 2 unspecified atom stereocenters. The van der Waals surface area contributed by atoms with Crippen molar-refractivity contribution in [2.75, 3.05) is 27.2 Å². The van der Waals surface area contributed by atoms with Gasteiger partial charge in [0.2, 0.25) is 0 Å². The van der Waals surface area contributed by atoms with E-state index in [9.17, 15) is 9.90 Å². The average Bonchev–Trinajstić information content (AvgIpc) is 2.83. The molecule has 1 aromatic rings. The molecule has 1 fully saturated rings. The number of likely N-dealkylation sites (tertiary alicyclic amines) is 1. The lowest BCUT2D eigenvalue weighted by molar-refractivity contribution is 0.0703. The molecule has 1 amide bonds. The van der Waals surface area contributed by atoms with Gasteiger partial charge in [-0.15, -0.1) is 11.3 Å². The lowest BCUT2D eigenvalue weighted by Crippen LogP contribution is -2.41. The zero-order valence-electron chi connectivity index (χ0n) is 11.1. The molecular weight excluding hydrogens is 248 g/mol. The van der Waals surface area contributed by atoms with E-state index in [1.807, 2.05) is 37.4 Å². The summed E-state index contributed by atoms with van der Waals surface area (Å²) in [5, 5.41) is 11.7. The van der Waals surface area contributed by atoms with Crippen LogP contribution in [0.2, 0.25) is 0 Å². The van der Waals surface area contributed by atoms with Gasteiger partial charge in [0.15, 0.2) is 0 Å². The Morgan fingerprint density at radius 2 is 2.33 bits per heavy atom. The zero-order valence-corrected chi connectivity index (χ0v) is 11.9. The number of aliphatic hydroxyl groups is 1. The van der Waals surface area contributed by atoms with Crippen molar-refractivity contribution in [1.82, 2.24) is 9.80 Å². The topological polar surface area (TPSA) is 43.8 Å². The summed E-state index contributed by atoms with van der Waals surface area (Å²) in [4.78, 5) is 17.2. The Balaban J connectivity index is 2.15. The smallest absolute Gasteiger partial charge is 0.264 e. The van der Waals surface area contributed by atoms with E-state index in [2.05, 4.69) is 4.90 Å². The van der Waals surface area contributed by atoms with E-state index in [-0.39, 0.29) is 18.1 Å². The highest BCUT2D eigenvalue weighted by Crippen LogP contribution is 2.25. The van der Waals surface area contributed by atoms with Gasteiger partial charge in [-0.2, -0.15) is 0 Å². The van der Waals surface area contributed by atoms with Crippen molar-refractivity contribution in [2.24, 2.45) is 0 Å². The van der Waals surface area contributed by atoms with Crippen molar-refractivity contribution in [2.45, 2.75) is 25.5 Å². The first-order valence-corrected chi connectivity index (χ1v) is 7.05. The standard InChI is InChI=1S/C13H20N2O2S/c1-9-4-5-18-12(9)13(17)15-8-11(16)6-10(15)7-14(2)3/h4-5,10-11,16H,6-8H2,1-3H3. The summed E-state index contributed by atoms with van der Waals surface area (Å²) in [5.41, 5.74) is 1.02. The van der Waals surface area contributed by atoms with E-state index >= 15 is 0 Å². The highest BCUT2D eigenvalue weighted by Gasteiger charge is 2.35. The first-order chi connectivity index (χ1) is 8.49. The van der Waals surface area contributed by atoms with Crippen molar-refractivity contribution in [3.63, 3.8) is 0 Å². The van der Waals surface area contributed by atoms with Crippen LogP contribution in [-0.4, -0.2) is 60.1 Å². The van der Waals surface area contributed by atoms with Crippen molar-refractivity contribution in [3.8, 4) is 0 Å². The molecule has 0 saturated carbocycles. The maximum Gasteiger partial charge on any atom is 0.264 e. The summed E-state index contributed by atoms with van der Waals surface area (Å²) < 4.78 is 0. The number of likely N-dealkylation sites (N-methyl/N-ethyl adjacent to an activating group) is 1. The van der Waals surface area contributed by atoms with Crippen LogP contribution in [0, 0.1) is 6.92 Å². The third-order valence-electron chi connectivity index (χ3n) is 3.29. The maximum absolute atomic E-state index is 12.5. The Morgan fingerprint density at radius 1 is 1.61 bits per heavy atom. The number of amides is 1. The molecule has 0 bridgehead atoms. The Labute approximate surface area is 112 Å². The van der Waals surface area contributed by atoms with Gasteiger partial charge in [0.25, 0.3) is 5.91 Å². The van der Waals surface area contributed by atoms with Crippen molar-refractivity contribution < 1.29 is 9.90 Å². The lowest BCUT2D eigenvalue weighted by atomic mass is 10.2. The lowest BCUT2D eigenvalue weighted by Gasteiger charge is -2.26. The molecule has 1 saturated heterocycles. The number of thiophene rings is 1. The molecule has 0 radical (unpaired) electrons. The molecule has 2 heterocycles. The van der Waals surface area contributed by atoms with Crippen molar-refractivity contribution in [1.29, 1.82) is 0 Å². The minimum absolute atomic E-state index is 0.0610. The van der Waals surface area contributed by atoms with Crippen LogP contribution in [-0.2, 0) is 0 Å². The molecule has 1 aliphatic heterocycles. The van der Waals surface area contributed by atoms with E-state index in [4.69, 9.17) is 0 Å². The highest BCUT2D eigenvalue weighted by atomic mass is 32.1. The second kappa shape index (κ2) is 5.38. The predicted octanol–water partition coefficient (Wildman–Crippen LogP) is 1.19. The summed E-state index contributed by atoms with van der Waals surface area (Å²) >= 11 is 1.48. The molecule has 5 heteroatoms. The molecule has 1 N–H and O–H groups in total. The van der Waals surface area contributed by atoms with Gasteiger partial charge in [-0.3, -0.25) is 4.79 Å². The van der Waals surface area contributed by atoms with Gasteiger partial charge < -0.3 is 14.9 Å². The molecular formula is C13H20N2O2S. The fraction of sp³-hybridized carbons (Fsp3) is 0.615. The van der Waals surface area contributed by atoms with Crippen LogP contribution in [0.25, 0.3) is 0 Å². The number of hydrogen-bond acceptors (Lipinski definition) is 4. The molecule has 0 aliphatic carbocycles. The van der Waals surface area contributed by atoms with Crippen LogP contribution in [0.1, 0.15) is 21.7 Å². The Kier molecular flexibility index (Phi) is 4.04. The predicted molar refractivity (Wildman–Crippen MR) is 73.1 cm³/mol. The third-order valence-corrected chi connectivity index (χ3v) is 4.29. The minimum atomic E-state index is -0.390. The van der Waals surface area contributed by atoms with Crippen LogP contribution in [0.15, 0.2) is 11.4 Å². The van der Waals surface area contributed by atoms with Crippen LogP contribution in [0.5, 0.6) is 0 Å². The van der Waals surface area contributed by atoms with Gasteiger partial charge in [0.1, 0.15) is 0 Å². The molecule has 18 heavy (non-hydrogen) atoms. The maximum atomic E-state index is 12.5. The highest BCUT2D eigenvalue weighted by molar-refractivity contribution is 7.12. The van der Waals surface area contributed by atoms with E-state index in [1.54, 1.807) is 0 Å². The van der Waals surface area contributed by atoms with Crippen molar-refractivity contribution >= 4 is 17.2 Å². The molecule has 0 spiro atoms. The number of β-amino-alcohol motifs (C(OH)–C–C–N with tert-alkyl or cyclic N) is 1. The molecule has 2 atom stereocenters. The minimum Gasteiger partial charge on any atom is -0.391 e. The van der Waals surface area contributed by atoms with Crippen LogP contribution in [0.3, 0.4) is 0 Å². The SMILES string of the molecule is Cc1ccsc1C(=O)N1CC(O)CC1CN(C)C. The third kappa shape index (κ3) is 2.74. The monoisotopic (exact) mass is 268 g/mol. The molecule has 1 aromatic heterocycles. The van der Waals surface area contributed by atoms with Gasteiger partial charge in [-0.1, -0.05) is 0 Å². The Morgan fingerprint density at radius 3 is 2.89 bits per heavy atom. The molecule has 2 rings (SSSR count). The largest absolute Gasteiger partial charge is 0.391 e. The summed E-state index contributed by atoms with van der Waals surface area (Å²) in [6.07, 6.45) is 0.285. The first-order valence-electron chi connectivity index (χ1n) is 6.17. The first kappa shape index (κ1) is 13.5. The Bertz CT molecular complexity index is 430. The van der Waals surface area contributed by atoms with E-state index < -0.39 is 0 Å². The quantitative estimate of drug-likeness (QED) is 0.895. The van der Waals surface area contributed by atoms with Gasteiger partial charge in [-0.05, 0) is 44.4 Å². The second-order valence-electron chi connectivity index (χ2n) is 5.20. The number of carbonyl (C=O) groups is 1. The van der Waals surface area contributed by atoms with Crippen LogP contribution >= 0.6 is 11.3 Å². The fourth-order valence-electron chi connectivity index (χ4n) is 2.46. The van der Waals surface area contributed by atoms with Gasteiger partial charge in [-0.25, -0.2) is 0 Å². The fourth-order valence-corrected chi connectivity index (χ4v) is 3.34. The van der Waals surface area contributed by atoms with E-state index in [0.29, 0.717) is 13.0 Å². The summed E-state index contributed by atoms with van der Waals surface area (Å²) in [6, 6.07) is 2.08. The normalized spacial score (nSPS) is 23.9. The van der Waals surface area contributed by atoms with Crippen LogP contribution < -0.4 is 0 Å². The molecule has 4 nitrogen and oxygen atoms in total. The summed E-state index contributed by atoms with van der Waals surface area (Å²) in [5.74, 6) is 0.0610. The number of hydrogen-bond donors (Lipinski definition) is 1. The van der Waals surface area contributed by atoms with Gasteiger partial charge >= 0.3 is 0 Å². The number of nitrogens with zero attached hydrogens (tertiary/aromatic N) is 2. The molecule has 0 aromatic carbocycles. The van der Waals surface area contributed by atoms with Crippen LogP contribution in [0.4, 0.5) is 0 Å². The second-order valence-corrected chi connectivity index (χ2v) is 6.11. The Hall–Kier alpha value is -0.910. The van der Waals surface area contributed by atoms with Gasteiger partial charge in [0.05, 0.1) is 11.0 Å². The van der Waals surface area contributed by atoms with Crippen molar-refractivity contribution in [3.05, 3.63) is 21.9 Å². The summed E-state index contributed by atoms with van der Waals surface area (Å²) in [6.45, 7) is 3.21. The summed E-state index contributed by atoms with van der Waals surface area (Å²) in [7, 11) is 3.98. The number of aliphatic hydroxyl groups excluding tert-OH is 1. The van der Waals surface area contributed by atoms with E-state index in [1.165, 1.54) is 11.3 Å². The number of rotatable bonds is 3. The number of carbonyl (C=O) groups excluding carboxylic acids is 1. The molecule has 100 valence electrons. The van der Waals surface area contributed by atoms with Gasteiger partial charge in [0, 0.05) is 19.1 Å². The van der Waals surface area contributed by atoms with E-state index in [0.717, 1.165) is 17.0 Å². The molecule has 1 aliphatic rings.